The maximum atomic E-state index is 14.8. The summed E-state index contributed by atoms with van der Waals surface area (Å²) < 4.78 is 41.8. The number of aromatic amines is 1. The topological polar surface area (TPSA) is 127 Å². The molecule has 176 valence electrons. The van der Waals surface area contributed by atoms with Gasteiger partial charge in [-0.05, 0) is 39.5 Å². The number of H-pyrrole nitrogens is 1. The summed E-state index contributed by atoms with van der Waals surface area (Å²) in [6, 6.07) is 1.62. The van der Waals surface area contributed by atoms with Gasteiger partial charge < -0.3 is 15.3 Å². The summed E-state index contributed by atoms with van der Waals surface area (Å²) in [5.41, 5.74) is 0.699. The Labute approximate surface area is 187 Å². The molecule has 0 aliphatic carbocycles. The van der Waals surface area contributed by atoms with Crippen molar-refractivity contribution in [1.29, 1.82) is 0 Å². The Morgan fingerprint density at radius 3 is 2.56 bits per heavy atom. The fourth-order valence-electron chi connectivity index (χ4n) is 4.82. The van der Waals surface area contributed by atoms with Crippen LogP contribution in [0.5, 0.6) is 0 Å². The second-order valence-corrected chi connectivity index (χ2v) is 10.7. The number of nitrogens with zero attached hydrogens (tertiary/aromatic N) is 5. The minimum Gasteiger partial charge on any atom is -0.390 e. The zero-order valence-electron chi connectivity index (χ0n) is 18.5. The highest BCUT2D eigenvalue weighted by molar-refractivity contribution is 7.89. The van der Waals surface area contributed by atoms with Crippen molar-refractivity contribution in [2.45, 2.75) is 70.7 Å². The Morgan fingerprint density at radius 1 is 1.31 bits per heavy atom. The lowest BCUT2D eigenvalue weighted by molar-refractivity contribution is 0.109. The van der Waals surface area contributed by atoms with E-state index in [1.54, 1.807) is 17.3 Å². The van der Waals surface area contributed by atoms with Crippen LogP contribution in [0.2, 0.25) is 0 Å². The summed E-state index contributed by atoms with van der Waals surface area (Å²) in [5.74, 6) is -0.0109. The molecule has 0 amide bonds. The van der Waals surface area contributed by atoms with E-state index in [1.165, 1.54) is 0 Å². The molecule has 0 spiro atoms. The van der Waals surface area contributed by atoms with Crippen molar-refractivity contribution >= 4 is 27.6 Å². The molecule has 3 atom stereocenters. The largest absolute Gasteiger partial charge is 0.390 e. The van der Waals surface area contributed by atoms with E-state index in [2.05, 4.69) is 25.5 Å². The summed E-state index contributed by atoms with van der Waals surface area (Å²) in [5, 5.41) is 19.3. The number of anilines is 3. The number of aliphatic hydroxyl groups excluding tert-OH is 1. The minimum atomic E-state index is -3.27. The Hall–Kier alpha value is -2.31. The van der Waals surface area contributed by atoms with Gasteiger partial charge in [0.05, 0.1) is 12.4 Å². The standard InChI is InChI=1S/C20H30FN7O3S/c1-4-32(30,31)28-13-6-5-7-14(28)10-15(9-13)27(3)20-22-16(11-29)18(21)19(24-20)23-17-8-12(2)25-26-17/h8,13-15,29H,4-7,9-11H2,1-3H3,(H2,22,23,24,25,26)/t13-,14+,15+. The maximum absolute atomic E-state index is 14.8. The molecular weight excluding hydrogens is 437 g/mol. The van der Waals surface area contributed by atoms with E-state index < -0.39 is 22.4 Å². The van der Waals surface area contributed by atoms with Gasteiger partial charge in [0, 0.05) is 36.9 Å². The first-order valence-corrected chi connectivity index (χ1v) is 12.5. The lowest BCUT2D eigenvalue weighted by Crippen LogP contribution is -2.58. The summed E-state index contributed by atoms with van der Waals surface area (Å²) in [6.07, 6.45) is 3.99. The van der Waals surface area contributed by atoms with Gasteiger partial charge in [0.25, 0.3) is 0 Å². The predicted octanol–water partition coefficient (Wildman–Crippen LogP) is 2.05. The van der Waals surface area contributed by atoms with Gasteiger partial charge in [-0.3, -0.25) is 5.10 Å². The van der Waals surface area contributed by atoms with Crippen molar-refractivity contribution in [3.05, 3.63) is 23.3 Å². The minimum absolute atomic E-state index is 0.00564. The number of nitrogens with one attached hydrogen (secondary N) is 2. The maximum Gasteiger partial charge on any atom is 0.227 e. The van der Waals surface area contributed by atoms with Crippen molar-refractivity contribution in [2.75, 3.05) is 23.0 Å². The number of rotatable bonds is 7. The van der Waals surface area contributed by atoms with Crippen LogP contribution in [0.4, 0.5) is 22.0 Å². The molecule has 10 nitrogen and oxygen atoms in total. The van der Waals surface area contributed by atoms with Gasteiger partial charge in [0.1, 0.15) is 5.69 Å². The van der Waals surface area contributed by atoms with E-state index >= 15 is 0 Å². The van der Waals surface area contributed by atoms with Crippen molar-refractivity contribution in [3.8, 4) is 0 Å². The molecule has 2 aliphatic rings. The van der Waals surface area contributed by atoms with Crippen molar-refractivity contribution in [3.63, 3.8) is 0 Å². The molecular formula is C20H30FN7O3S. The zero-order chi connectivity index (χ0) is 23.0. The molecule has 2 aliphatic heterocycles. The number of fused-ring (bicyclic) bond motifs is 2. The number of hydrogen-bond acceptors (Lipinski definition) is 8. The number of halogens is 1. The van der Waals surface area contributed by atoms with Gasteiger partial charge in [-0.2, -0.15) is 14.4 Å². The van der Waals surface area contributed by atoms with Gasteiger partial charge in [-0.25, -0.2) is 17.8 Å². The van der Waals surface area contributed by atoms with Crippen LogP contribution in [0.25, 0.3) is 0 Å². The molecule has 2 aromatic rings. The molecule has 0 aromatic carbocycles. The highest BCUT2D eigenvalue weighted by atomic mass is 32.2. The van der Waals surface area contributed by atoms with E-state index in [0.717, 1.165) is 25.0 Å². The second-order valence-electron chi connectivity index (χ2n) is 8.56. The second kappa shape index (κ2) is 8.91. The number of aromatic nitrogens is 4. The van der Waals surface area contributed by atoms with E-state index in [4.69, 9.17) is 0 Å². The molecule has 2 fully saturated rings. The van der Waals surface area contributed by atoms with Crippen LogP contribution in [0.15, 0.2) is 6.07 Å². The fourth-order valence-corrected chi connectivity index (χ4v) is 6.41. The van der Waals surface area contributed by atoms with E-state index in [1.807, 2.05) is 18.9 Å². The Balaban J connectivity index is 1.60. The smallest absolute Gasteiger partial charge is 0.227 e. The third-order valence-corrected chi connectivity index (χ3v) is 8.41. The molecule has 4 rings (SSSR count). The summed E-state index contributed by atoms with van der Waals surface area (Å²) in [4.78, 5) is 10.5. The summed E-state index contributed by atoms with van der Waals surface area (Å²) >= 11 is 0. The predicted molar refractivity (Wildman–Crippen MR) is 119 cm³/mol. The van der Waals surface area contributed by atoms with Crippen molar-refractivity contribution in [1.82, 2.24) is 24.5 Å². The normalized spacial score (nSPS) is 23.8. The Kier molecular flexibility index (Phi) is 6.37. The number of piperidine rings is 2. The SMILES string of the molecule is CCS(=O)(=O)N1[C@@H]2CCC[C@H]1C[C@@H](N(C)c1nc(CO)c(F)c(Nc3cc(C)[nH]n3)n1)C2. The molecule has 0 radical (unpaired) electrons. The average molecular weight is 468 g/mol. The van der Waals surface area contributed by atoms with Crippen LogP contribution in [-0.2, 0) is 16.6 Å². The first-order chi connectivity index (χ1) is 15.2. The van der Waals surface area contributed by atoms with E-state index in [0.29, 0.717) is 18.7 Å². The van der Waals surface area contributed by atoms with Gasteiger partial charge in [-0.1, -0.05) is 6.42 Å². The van der Waals surface area contributed by atoms with Crippen LogP contribution in [0, 0.1) is 12.7 Å². The molecule has 0 saturated carbocycles. The molecule has 2 saturated heterocycles. The molecule has 32 heavy (non-hydrogen) atoms. The van der Waals surface area contributed by atoms with Gasteiger partial charge in [0.15, 0.2) is 17.5 Å². The van der Waals surface area contributed by atoms with Gasteiger partial charge in [-0.15, -0.1) is 0 Å². The van der Waals surface area contributed by atoms with Crippen molar-refractivity contribution < 1.29 is 17.9 Å². The summed E-state index contributed by atoms with van der Waals surface area (Å²) in [7, 11) is -1.43. The lowest BCUT2D eigenvalue weighted by atomic mass is 9.83. The van der Waals surface area contributed by atoms with E-state index in [9.17, 15) is 17.9 Å². The van der Waals surface area contributed by atoms with Crippen LogP contribution < -0.4 is 10.2 Å². The number of aliphatic hydroxyl groups is 1. The molecule has 2 bridgehead atoms. The fraction of sp³-hybridized carbons (Fsp3) is 0.650. The number of sulfonamides is 1. The van der Waals surface area contributed by atoms with E-state index in [-0.39, 0.29) is 41.3 Å². The molecule has 4 heterocycles. The monoisotopic (exact) mass is 467 g/mol. The third-order valence-electron chi connectivity index (χ3n) is 6.44. The average Bonchev–Trinajstić information content (AvgIpc) is 3.18. The molecule has 2 aromatic heterocycles. The summed E-state index contributed by atoms with van der Waals surface area (Å²) in [6.45, 7) is 2.94. The Bertz CT molecular complexity index is 1060. The van der Waals surface area contributed by atoms with Crippen LogP contribution in [-0.4, -0.2) is 68.9 Å². The molecule has 0 unspecified atom stereocenters. The lowest BCUT2D eigenvalue weighted by Gasteiger charge is -2.49. The van der Waals surface area contributed by atoms with Crippen LogP contribution >= 0.6 is 0 Å². The molecule has 3 N–H and O–H groups in total. The van der Waals surface area contributed by atoms with Gasteiger partial charge in [0.2, 0.25) is 16.0 Å². The number of aryl methyl sites for hydroxylation is 1. The van der Waals surface area contributed by atoms with Gasteiger partial charge >= 0.3 is 0 Å². The van der Waals surface area contributed by atoms with Crippen LogP contribution in [0.3, 0.4) is 0 Å². The third kappa shape index (κ3) is 4.30. The number of hydrogen-bond donors (Lipinski definition) is 3. The van der Waals surface area contributed by atoms with Crippen molar-refractivity contribution in [2.24, 2.45) is 0 Å². The quantitative estimate of drug-likeness (QED) is 0.565. The zero-order valence-corrected chi connectivity index (χ0v) is 19.4. The Morgan fingerprint density at radius 2 is 2.00 bits per heavy atom. The first-order valence-electron chi connectivity index (χ1n) is 10.9. The highest BCUT2D eigenvalue weighted by Crippen LogP contribution is 2.38. The van der Waals surface area contributed by atoms with Crippen LogP contribution in [0.1, 0.15) is 50.4 Å². The highest BCUT2D eigenvalue weighted by Gasteiger charge is 2.45. The first kappa shape index (κ1) is 22.9. The molecule has 12 heteroatoms.